The van der Waals surface area contributed by atoms with E-state index in [0.29, 0.717) is 0 Å². The fraction of sp³-hybridized carbons (Fsp3) is 0.889. The van der Waals surface area contributed by atoms with Crippen LogP contribution in [0.4, 0.5) is 0 Å². The van der Waals surface area contributed by atoms with Crippen LogP contribution < -0.4 is 0 Å². The van der Waals surface area contributed by atoms with Crippen molar-refractivity contribution in [3.8, 4) is 11.8 Å². The molecule has 0 aromatic carbocycles. The van der Waals surface area contributed by atoms with Crippen molar-refractivity contribution in [1.82, 2.24) is 9.80 Å². The summed E-state index contributed by atoms with van der Waals surface area (Å²) < 4.78 is 0. The molecule has 0 unspecified atom stereocenters. The van der Waals surface area contributed by atoms with Crippen LogP contribution in [0, 0.1) is 11.8 Å². The van der Waals surface area contributed by atoms with Crippen molar-refractivity contribution >= 4 is 0 Å². The van der Waals surface area contributed by atoms with Crippen LogP contribution in [-0.4, -0.2) is 48.6 Å². The zero-order chi connectivity index (χ0) is 14.0. The van der Waals surface area contributed by atoms with Crippen LogP contribution in [0.2, 0.25) is 0 Å². The Morgan fingerprint density at radius 2 is 1.65 bits per heavy atom. The maximum absolute atomic E-state index is 3.16. The molecule has 0 aromatic heterocycles. The van der Waals surface area contributed by atoms with E-state index in [-0.39, 0.29) is 0 Å². The van der Waals surface area contributed by atoms with Crippen LogP contribution in [0.25, 0.3) is 0 Å². The molecule has 1 saturated carbocycles. The summed E-state index contributed by atoms with van der Waals surface area (Å²) in [6.07, 6.45) is 12.4. The first-order valence-electron chi connectivity index (χ1n) is 8.76. The van der Waals surface area contributed by atoms with Crippen LogP contribution in [0.5, 0.6) is 0 Å². The molecule has 0 atom stereocenters. The number of hydrogen-bond donors (Lipinski definition) is 0. The van der Waals surface area contributed by atoms with Crippen LogP contribution in [0.1, 0.15) is 64.7 Å². The predicted octanol–water partition coefficient (Wildman–Crippen LogP) is 3.52. The van der Waals surface area contributed by atoms with E-state index in [1.54, 1.807) is 0 Å². The van der Waals surface area contributed by atoms with Crippen LogP contribution in [0.3, 0.4) is 0 Å². The largest absolute Gasteiger partial charge is 0.301 e. The number of rotatable bonds is 6. The lowest BCUT2D eigenvalue weighted by atomic mass is 9.94. The fourth-order valence-corrected chi connectivity index (χ4v) is 3.65. The molecule has 1 aliphatic carbocycles. The fourth-order valence-electron chi connectivity index (χ4n) is 3.65. The highest BCUT2D eigenvalue weighted by Gasteiger charge is 2.24. The molecule has 2 fully saturated rings. The second kappa shape index (κ2) is 9.42. The second-order valence-corrected chi connectivity index (χ2v) is 6.41. The molecule has 0 radical (unpaired) electrons. The van der Waals surface area contributed by atoms with E-state index >= 15 is 0 Å². The van der Waals surface area contributed by atoms with Gasteiger partial charge in [0.1, 0.15) is 0 Å². The van der Waals surface area contributed by atoms with Crippen LogP contribution in [-0.2, 0) is 0 Å². The first-order chi connectivity index (χ1) is 9.90. The summed E-state index contributed by atoms with van der Waals surface area (Å²) in [6.45, 7) is 8.46. The van der Waals surface area contributed by atoms with Gasteiger partial charge in [0.2, 0.25) is 0 Å². The molecule has 20 heavy (non-hydrogen) atoms. The highest BCUT2D eigenvalue weighted by atomic mass is 15.3. The molecule has 2 heteroatoms. The van der Waals surface area contributed by atoms with Gasteiger partial charge in [0, 0.05) is 38.6 Å². The maximum Gasteiger partial charge on any atom is 0.0113 e. The predicted molar refractivity (Wildman–Crippen MR) is 86.8 cm³/mol. The molecule has 2 nitrogen and oxygen atoms in total. The Morgan fingerprint density at radius 3 is 2.35 bits per heavy atom. The molecule has 2 rings (SSSR count). The third-order valence-corrected chi connectivity index (χ3v) is 4.95. The lowest BCUT2D eigenvalue weighted by Gasteiger charge is -2.40. The molecule has 2 aliphatic rings. The van der Waals surface area contributed by atoms with Gasteiger partial charge in [0.15, 0.2) is 0 Å². The molecule has 0 spiro atoms. The standard InChI is InChI=1S/C18H32N2/c1-2-3-4-5-6-10-13-19-14-16-20(17-15-19)18-11-8-7-9-12-18/h18H,4-17H2,1H3. The number of hydrogen-bond acceptors (Lipinski definition) is 2. The number of piperazine rings is 1. The van der Waals surface area contributed by atoms with Gasteiger partial charge >= 0.3 is 0 Å². The van der Waals surface area contributed by atoms with Crippen molar-refractivity contribution in [3.63, 3.8) is 0 Å². The van der Waals surface area contributed by atoms with Gasteiger partial charge in [-0.2, -0.15) is 0 Å². The minimum atomic E-state index is 0.915. The van der Waals surface area contributed by atoms with Crippen molar-refractivity contribution in [2.45, 2.75) is 70.8 Å². The second-order valence-electron chi connectivity index (χ2n) is 6.41. The first-order valence-corrected chi connectivity index (χ1v) is 8.76. The molecular weight excluding hydrogens is 244 g/mol. The Bertz CT molecular complexity index is 301. The first kappa shape index (κ1) is 15.9. The van der Waals surface area contributed by atoms with Crippen LogP contribution in [0.15, 0.2) is 0 Å². The average molecular weight is 276 g/mol. The Morgan fingerprint density at radius 1 is 0.900 bits per heavy atom. The van der Waals surface area contributed by atoms with E-state index in [1.165, 1.54) is 84.1 Å². The molecule has 1 saturated heterocycles. The Labute approximate surface area is 125 Å². The molecule has 114 valence electrons. The summed E-state index contributed by atoms with van der Waals surface area (Å²) in [5.41, 5.74) is 0. The Hall–Kier alpha value is -0.520. The van der Waals surface area contributed by atoms with Crippen LogP contribution >= 0.6 is 0 Å². The SMILES string of the molecule is CC#CCCCCCN1CCN(C2CCCCC2)CC1. The summed E-state index contributed by atoms with van der Waals surface area (Å²) in [5, 5.41) is 0. The minimum absolute atomic E-state index is 0.915. The van der Waals surface area contributed by atoms with Crippen molar-refractivity contribution < 1.29 is 0 Å². The summed E-state index contributed by atoms with van der Waals surface area (Å²) in [6, 6.07) is 0.915. The quantitative estimate of drug-likeness (QED) is 0.541. The van der Waals surface area contributed by atoms with E-state index < -0.39 is 0 Å². The van der Waals surface area contributed by atoms with E-state index in [0.717, 1.165) is 12.5 Å². The van der Waals surface area contributed by atoms with Gasteiger partial charge in [0.05, 0.1) is 0 Å². The lowest BCUT2D eigenvalue weighted by Crippen LogP contribution is -2.50. The van der Waals surface area contributed by atoms with Gasteiger partial charge in [0.25, 0.3) is 0 Å². The van der Waals surface area contributed by atoms with Gasteiger partial charge in [-0.05, 0) is 39.2 Å². The topological polar surface area (TPSA) is 6.48 Å². The summed E-state index contributed by atoms with van der Waals surface area (Å²) in [4.78, 5) is 5.44. The number of nitrogens with zero attached hydrogens (tertiary/aromatic N) is 2. The Kier molecular flexibility index (Phi) is 7.47. The third kappa shape index (κ3) is 5.46. The number of unbranched alkanes of at least 4 members (excludes halogenated alkanes) is 3. The summed E-state index contributed by atoms with van der Waals surface area (Å²) in [7, 11) is 0. The van der Waals surface area contributed by atoms with Gasteiger partial charge in [-0.1, -0.05) is 25.7 Å². The molecule has 0 amide bonds. The highest BCUT2D eigenvalue weighted by Crippen LogP contribution is 2.23. The van der Waals surface area contributed by atoms with Crippen molar-refractivity contribution in [1.29, 1.82) is 0 Å². The zero-order valence-corrected chi connectivity index (χ0v) is 13.4. The van der Waals surface area contributed by atoms with Gasteiger partial charge in [-0.25, -0.2) is 0 Å². The summed E-state index contributed by atoms with van der Waals surface area (Å²) >= 11 is 0. The van der Waals surface area contributed by atoms with E-state index in [2.05, 4.69) is 21.6 Å². The molecular formula is C18H32N2. The highest BCUT2D eigenvalue weighted by molar-refractivity contribution is 4.94. The van der Waals surface area contributed by atoms with Gasteiger partial charge in [-0.15, -0.1) is 11.8 Å². The van der Waals surface area contributed by atoms with Gasteiger partial charge in [-0.3, -0.25) is 4.90 Å². The third-order valence-electron chi connectivity index (χ3n) is 4.95. The van der Waals surface area contributed by atoms with E-state index in [4.69, 9.17) is 0 Å². The summed E-state index contributed by atoms with van der Waals surface area (Å²) in [5.74, 6) is 6.14. The monoisotopic (exact) mass is 276 g/mol. The smallest absolute Gasteiger partial charge is 0.0113 e. The van der Waals surface area contributed by atoms with Crippen molar-refractivity contribution in [2.24, 2.45) is 0 Å². The van der Waals surface area contributed by atoms with Gasteiger partial charge < -0.3 is 4.90 Å². The zero-order valence-electron chi connectivity index (χ0n) is 13.4. The molecule has 0 bridgehead atoms. The minimum Gasteiger partial charge on any atom is -0.301 e. The molecule has 1 aliphatic heterocycles. The molecule has 1 heterocycles. The molecule has 0 N–H and O–H groups in total. The maximum atomic E-state index is 3.16. The average Bonchev–Trinajstić information content (AvgIpc) is 2.52. The molecule has 0 aromatic rings. The van der Waals surface area contributed by atoms with Crippen molar-refractivity contribution in [2.75, 3.05) is 32.7 Å². The van der Waals surface area contributed by atoms with E-state index in [1.807, 2.05) is 6.92 Å². The van der Waals surface area contributed by atoms with Crippen molar-refractivity contribution in [3.05, 3.63) is 0 Å². The Balaban J connectivity index is 1.53. The normalized spacial score (nSPS) is 22.4. The lowest BCUT2D eigenvalue weighted by molar-refractivity contribution is 0.0781. The van der Waals surface area contributed by atoms with E-state index in [9.17, 15) is 0 Å².